The lowest BCUT2D eigenvalue weighted by molar-refractivity contribution is 0.0953. The van der Waals surface area contributed by atoms with Gasteiger partial charge in [0.2, 0.25) is 0 Å². The third-order valence-corrected chi connectivity index (χ3v) is 4.04. The van der Waals surface area contributed by atoms with Crippen LogP contribution in [-0.2, 0) is 6.42 Å². The molecule has 3 N–H and O–H groups in total. The first-order valence-corrected chi connectivity index (χ1v) is 7.91. The van der Waals surface area contributed by atoms with Gasteiger partial charge in [-0.25, -0.2) is 0 Å². The molecule has 0 saturated heterocycles. The molecule has 0 fully saturated rings. The molecule has 6 nitrogen and oxygen atoms in total. The number of carbonyl (C=O) groups excluding carboxylic acids is 1. The van der Waals surface area contributed by atoms with Crippen LogP contribution in [0.4, 0.5) is 0 Å². The van der Waals surface area contributed by atoms with E-state index < -0.39 is 0 Å². The Hall–Kier alpha value is -3.15. The summed E-state index contributed by atoms with van der Waals surface area (Å²) in [6.45, 7) is 0.492. The number of aromatic nitrogens is 1. The molecule has 0 bridgehead atoms. The lowest BCUT2D eigenvalue weighted by Crippen LogP contribution is -2.25. The third-order valence-electron chi connectivity index (χ3n) is 4.04. The van der Waals surface area contributed by atoms with Gasteiger partial charge < -0.3 is 24.9 Å². The Labute approximate surface area is 145 Å². The lowest BCUT2D eigenvalue weighted by Gasteiger charge is -2.09. The van der Waals surface area contributed by atoms with E-state index in [1.807, 2.05) is 12.3 Å². The number of benzene rings is 2. The van der Waals surface area contributed by atoms with E-state index in [4.69, 9.17) is 9.47 Å². The van der Waals surface area contributed by atoms with Gasteiger partial charge in [0, 0.05) is 41.3 Å². The maximum absolute atomic E-state index is 12.4. The monoisotopic (exact) mass is 340 g/mol. The highest BCUT2D eigenvalue weighted by molar-refractivity contribution is 5.95. The van der Waals surface area contributed by atoms with Crippen molar-refractivity contribution in [3.05, 3.63) is 53.7 Å². The molecule has 0 radical (unpaired) electrons. The molecule has 3 rings (SSSR count). The predicted octanol–water partition coefficient (Wildman–Crippen LogP) is 2.86. The quantitative estimate of drug-likeness (QED) is 0.644. The number of phenolic OH excluding ortho intramolecular Hbond substituents is 1. The largest absolute Gasteiger partial charge is 0.508 e. The number of methoxy groups -OCH3 is 2. The molecule has 2 aromatic carbocycles. The van der Waals surface area contributed by atoms with Gasteiger partial charge in [0.25, 0.3) is 5.91 Å². The Kier molecular flexibility index (Phi) is 4.79. The van der Waals surface area contributed by atoms with Crippen LogP contribution in [-0.4, -0.2) is 36.8 Å². The Morgan fingerprint density at radius 2 is 1.84 bits per heavy atom. The number of phenols is 1. The summed E-state index contributed by atoms with van der Waals surface area (Å²) < 4.78 is 10.4. The van der Waals surface area contributed by atoms with Gasteiger partial charge in [-0.2, -0.15) is 0 Å². The second-order valence-corrected chi connectivity index (χ2v) is 5.65. The summed E-state index contributed by atoms with van der Waals surface area (Å²) in [6, 6.07) is 10.3. The molecule has 0 unspecified atom stereocenters. The normalized spacial score (nSPS) is 10.6. The molecule has 1 aromatic heterocycles. The molecule has 0 aliphatic carbocycles. The second kappa shape index (κ2) is 7.17. The summed E-state index contributed by atoms with van der Waals surface area (Å²) in [6.07, 6.45) is 2.57. The fourth-order valence-corrected chi connectivity index (χ4v) is 2.73. The smallest absolute Gasteiger partial charge is 0.251 e. The summed E-state index contributed by atoms with van der Waals surface area (Å²) in [5, 5.41) is 13.4. The number of hydrogen-bond donors (Lipinski definition) is 3. The van der Waals surface area contributed by atoms with Gasteiger partial charge in [-0.1, -0.05) is 0 Å². The minimum Gasteiger partial charge on any atom is -0.508 e. The highest BCUT2D eigenvalue weighted by Crippen LogP contribution is 2.23. The van der Waals surface area contributed by atoms with Gasteiger partial charge in [-0.05, 0) is 36.2 Å². The number of rotatable bonds is 6. The number of fused-ring (bicyclic) bond motifs is 1. The Bertz CT molecular complexity index is 879. The van der Waals surface area contributed by atoms with Crippen molar-refractivity contribution in [1.82, 2.24) is 10.3 Å². The van der Waals surface area contributed by atoms with Crippen molar-refractivity contribution >= 4 is 16.8 Å². The van der Waals surface area contributed by atoms with Crippen LogP contribution in [0.5, 0.6) is 17.2 Å². The van der Waals surface area contributed by atoms with Gasteiger partial charge in [-0.3, -0.25) is 4.79 Å². The Morgan fingerprint density at radius 1 is 1.12 bits per heavy atom. The zero-order valence-corrected chi connectivity index (χ0v) is 14.1. The first-order valence-electron chi connectivity index (χ1n) is 7.91. The summed E-state index contributed by atoms with van der Waals surface area (Å²) >= 11 is 0. The molecule has 6 heteroatoms. The number of amides is 1. The van der Waals surface area contributed by atoms with Crippen LogP contribution in [0.1, 0.15) is 15.9 Å². The maximum Gasteiger partial charge on any atom is 0.251 e. The topological polar surface area (TPSA) is 83.6 Å². The standard InChI is InChI=1S/C19H20N2O4/c1-24-15-7-13(8-16(10-15)25-2)19(23)20-6-5-12-11-21-18-9-14(22)3-4-17(12)18/h3-4,7-11,21-22H,5-6H2,1-2H3,(H,20,23). The molecule has 130 valence electrons. The number of nitrogens with one attached hydrogen (secondary N) is 2. The fourth-order valence-electron chi connectivity index (χ4n) is 2.73. The van der Waals surface area contributed by atoms with Crippen LogP contribution in [0.2, 0.25) is 0 Å². The predicted molar refractivity (Wildman–Crippen MR) is 95.5 cm³/mol. The van der Waals surface area contributed by atoms with E-state index >= 15 is 0 Å². The van der Waals surface area contributed by atoms with E-state index in [1.165, 1.54) is 0 Å². The molecule has 0 atom stereocenters. The van der Waals surface area contributed by atoms with E-state index in [-0.39, 0.29) is 11.7 Å². The van der Waals surface area contributed by atoms with Crippen LogP contribution in [0.3, 0.4) is 0 Å². The van der Waals surface area contributed by atoms with Gasteiger partial charge in [0.15, 0.2) is 0 Å². The summed E-state index contributed by atoms with van der Waals surface area (Å²) in [4.78, 5) is 15.5. The SMILES string of the molecule is COc1cc(OC)cc(C(=O)NCCc2c[nH]c3cc(O)ccc23)c1. The van der Waals surface area contributed by atoms with Gasteiger partial charge in [0.1, 0.15) is 17.2 Å². The average molecular weight is 340 g/mol. The molecular formula is C19H20N2O4. The van der Waals surface area contributed by atoms with Crippen molar-refractivity contribution in [2.45, 2.75) is 6.42 Å². The lowest BCUT2D eigenvalue weighted by atomic mass is 10.1. The van der Waals surface area contributed by atoms with E-state index in [0.717, 1.165) is 16.5 Å². The molecular weight excluding hydrogens is 320 g/mol. The second-order valence-electron chi connectivity index (χ2n) is 5.65. The van der Waals surface area contributed by atoms with Crippen molar-refractivity contribution < 1.29 is 19.4 Å². The molecule has 0 aliphatic heterocycles. The molecule has 0 spiro atoms. The van der Waals surface area contributed by atoms with E-state index in [2.05, 4.69) is 10.3 Å². The van der Waals surface area contributed by atoms with Crippen LogP contribution >= 0.6 is 0 Å². The van der Waals surface area contributed by atoms with Crippen LogP contribution in [0, 0.1) is 0 Å². The van der Waals surface area contributed by atoms with Gasteiger partial charge >= 0.3 is 0 Å². The number of aromatic hydroxyl groups is 1. The zero-order valence-electron chi connectivity index (χ0n) is 14.1. The minimum absolute atomic E-state index is 0.185. The van der Waals surface area contributed by atoms with Crippen molar-refractivity contribution in [2.75, 3.05) is 20.8 Å². The molecule has 1 amide bonds. The van der Waals surface area contributed by atoms with Crippen LogP contribution < -0.4 is 14.8 Å². The number of H-pyrrole nitrogens is 1. The first-order chi connectivity index (χ1) is 12.1. The van der Waals surface area contributed by atoms with E-state index in [1.54, 1.807) is 44.6 Å². The van der Waals surface area contributed by atoms with E-state index in [0.29, 0.717) is 30.0 Å². The molecule has 25 heavy (non-hydrogen) atoms. The average Bonchev–Trinajstić information content (AvgIpc) is 3.03. The van der Waals surface area contributed by atoms with Crippen molar-refractivity contribution in [1.29, 1.82) is 0 Å². The summed E-state index contributed by atoms with van der Waals surface area (Å²) in [5.74, 6) is 1.18. The number of aromatic amines is 1. The third kappa shape index (κ3) is 3.68. The highest BCUT2D eigenvalue weighted by Gasteiger charge is 2.10. The molecule has 0 aliphatic rings. The fraction of sp³-hybridized carbons (Fsp3) is 0.211. The zero-order chi connectivity index (χ0) is 17.8. The highest BCUT2D eigenvalue weighted by atomic mass is 16.5. The van der Waals surface area contributed by atoms with Crippen molar-refractivity contribution in [3.63, 3.8) is 0 Å². The first kappa shape index (κ1) is 16.7. The van der Waals surface area contributed by atoms with Crippen LogP contribution in [0.25, 0.3) is 10.9 Å². The Morgan fingerprint density at radius 3 is 2.52 bits per heavy atom. The van der Waals surface area contributed by atoms with Crippen molar-refractivity contribution in [2.24, 2.45) is 0 Å². The van der Waals surface area contributed by atoms with E-state index in [9.17, 15) is 9.90 Å². The number of carbonyl (C=O) groups is 1. The minimum atomic E-state index is -0.185. The summed E-state index contributed by atoms with van der Waals surface area (Å²) in [7, 11) is 3.09. The molecule has 3 aromatic rings. The molecule has 1 heterocycles. The van der Waals surface area contributed by atoms with Crippen molar-refractivity contribution in [3.8, 4) is 17.2 Å². The van der Waals surface area contributed by atoms with Gasteiger partial charge in [0.05, 0.1) is 14.2 Å². The number of ether oxygens (including phenoxy) is 2. The summed E-state index contributed by atoms with van der Waals surface area (Å²) in [5.41, 5.74) is 2.44. The Balaban J connectivity index is 1.66. The number of hydrogen-bond acceptors (Lipinski definition) is 4. The molecule has 0 saturated carbocycles. The van der Waals surface area contributed by atoms with Gasteiger partial charge in [-0.15, -0.1) is 0 Å². The van der Waals surface area contributed by atoms with Crippen LogP contribution in [0.15, 0.2) is 42.6 Å². The maximum atomic E-state index is 12.4.